The van der Waals surface area contributed by atoms with Crippen LogP contribution in [0.3, 0.4) is 0 Å². The fourth-order valence-electron chi connectivity index (χ4n) is 2.00. The molecule has 2 heterocycles. The van der Waals surface area contributed by atoms with Crippen molar-refractivity contribution in [3.63, 3.8) is 0 Å². The maximum Gasteiger partial charge on any atom is 0.326 e. The Kier molecular flexibility index (Phi) is 5.08. The van der Waals surface area contributed by atoms with E-state index < -0.39 is 12.0 Å². The van der Waals surface area contributed by atoms with E-state index in [-0.39, 0.29) is 10.2 Å². The maximum absolute atomic E-state index is 12.4. The number of hydrogen-bond acceptors (Lipinski definition) is 5. The van der Waals surface area contributed by atoms with Crippen molar-refractivity contribution in [1.82, 2.24) is 9.88 Å². The van der Waals surface area contributed by atoms with E-state index in [2.05, 4.69) is 4.98 Å². The first-order valence-electron chi connectivity index (χ1n) is 6.44. The topological polar surface area (TPSA) is 70.5 Å². The molecule has 2 rings (SSSR count). The van der Waals surface area contributed by atoms with Crippen LogP contribution in [0.15, 0.2) is 29.4 Å². The van der Waals surface area contributed by atoms with Crippen molar-refractivity contribution in [2.24, 2.45) is 0 Å². The smallest absolute Gasteiger partial charge is 0.326 e. The monoisotopic (exact) mass is 322 g/mol. The second-order valence-electron chi connectivity index (χ2n) is 4.48. The van der Waals surface area contributed by atoms with Gasteiger partial charge in [0.2, 0.25) is 0 Å². The van der Waals surface area contributed by atoms with Crippen molar-refractivity contribution in [2.45, 2.75) is 25.8 Å². The highest BCUT2D eigenvalue weighted by atomic mass is 32.2. The van der Waals surface area contributed by atoms with Crippen LogP contribution in [-0.4, -0.2) is 37.2 Å². The SMILES string of the molecule is CCCC(C(=O)O)N1C(=O)/C(=C/c2cccnc2)SC1=S. The second kappa shape index (κ2) is 6.82. The van der Waals surface area contributed by atoms with E-state index >= 15 is 0 Å². The molecule has 21 heavy (non-hydrogen) atoms. The molecule has 1 amide bonds. The summed E-state index contributed by atoms with van der Waals surface area (Å²) in [4.78, 5) is 29.4. The van der Waals surface area contributed by atoms with Crippen molar-refractivity contribution in [3.8, 4) is 0 Å². The molecule has 110 valence electrons. The Balaban J connectivity index is 2.28. The van der Waals surface area contributed by atoms with Crippen molar-refractivity contribution in [1.29, 1.82) is 0 Å². The molecule has 1 aliphatic heterocycles. The summed E-state index contributed by atoms with van der Waals surface area (Å²) in [5.74, 6) is -1.38. The van der Waals surface area contributed by atoms with Crippen molar-refractivity contribution in [3.05, 3.63) is 35.0 Å². The van der Waals surface area contributed by atoms with Gasteiger partial charge in [0.15, 0.2) is 0 Å². The van der Waals surface area contributed by atoms with Crippen molar-refractivity contribution < 1.29 is 14.7 Å². The molecule has 1 unspecified atom stereocenters. The van der Waals surface area contributed by atoms with Gasteiger partial charge < -0.3 is 5.11 Å². The summed E-state index contributed by atoms with van der Waals surface area (Å²) in [5.41, 5.74) is 0.778. The molecule has 0 radical (unpaired) electrons. The van der Waals surface area contributed by atoms with Crippen LogP contribution in [-0.2, 0) is 9.59 Å². The molecule has 1 N–H and O–H groups in total. The third-order valence-electron chi connectivity index (χ3n) is 2.96. The number of carbonyl (C=O) groups excluding carboxylic acids is 1. The van der Waals surface area contributed by atoms with Crippen LogP contribution in [0.1, 0.15) is 25.3 Å². The quantitative estimate of drug-likeness (QED) is 0.663. The summed E-state index contributed by atoms with van der Waals surface area (Å²) in [6, 6.07) is 2.69. The van der Waals surface area contributed by atoms with Gasteiger partial charge in [-0.3, -0.25) is 14.7 Å². The molecule has 0 bridgehead atoms. The summed E-state index contributed by atoms with van der Waals surface area (Å²) < 4.78 is 0.288. The number of amides is 1. The number of aliphatic carboxylic acids is 1. The normalized spacial score (nSPS) is 18.3. The number of rotatable bonds is 5. The zero-order valence-electron chi connectivity index (χ0n) is 11.4. The number of carboxylic acids is 1. The van der Waals surface area contributed by atoms with Crippen LogP contribution in [0.2, 0.25) is 0 Å². The maximum atomic E-state index is 12.4. The summed E-state index contributed by atoms with van der Waals surface area (Å²) >= 11 is 6.29. The van der Waals surface area contributed by atoms with Crippen LogP contribution < -0.4 is 0 Å². The Morgan fingerprint density at radius 2 is 2.38 bits per heavy atom. The van der Waals surface area contributed by atoms with Crippen LogP contribution >= 0.6 is 24.0 Å². The largest absolute Gasteiger partial charge is 0.480 e. The Bertz CT molecular complexity index is 601. The lowest BCUT2D eigenvalue weighted by atomic mass is 10.1. The molecule has 0 spiro atoms. The Hall–Kier alpha value is -1.73. The number of pyridine rings is 1. The summed E-state index contributed by atoms with van der Waals surface area (Å²) in [6.45, 7) is 1.87. The number of carbonyl (C=O) groups is 2. The second-order valence-corrected chi connectivity index (χ2v) is 6.16. The highest BCUT2D eigenvalue weighted by Crippen LogP contribution is 2.34. The lowest BCUT2D eigenvalue weighted by Gasteiger charge is -2.22. The highest BCUT2D eigenvalue weighted by Gasteiger charge is 2.39. The van der Waals surface area contributed by atoms with E-state index in [1.54, 1.807) is 24.5 Å². The van der Waals surface area contributed by atoms with Gasteiger partial charge in [-0.05, 0) is 24.1 Å². The van der Waals surface area contributed by atoms with Gasteiger partial charge in [0, 0.05) is 12.4 Å². The van der Waals surface area contributed by atoms with Gasteiger partial charge >= 0.3 is 5.97 Å². The molecule has 1 aromatic rings. The lowest BCUT2D eigenvalue weighted by molar-refractivity contribution is -0.145. The van der Waals surface area contributed by atoms with Crippen molar-refractivity contribution in [2.75, 3.05) is 0 Å². The number of hydrogen-bond donors (Lipinski definition) is 1. The summed E-state index contributed by atoms with van der Waals surface area (Å²) in [6.07, 6.45) is 5.99. The van der Waals surface area contributed by atoms with Crippen molar-refractivity contribution >= 4 is 46.3 Å². The number of thiocarbonyl (C=S) groups is 1. The van der Waals surface area contributed by atoms with Crippen LogP contribution in [0.25, 0.3) is 6.08 Å². The minimum atomic E-state index is -1.03. The molecular weight excluding hydrogens is 308 g/mol. The average Bonchev–Trinajstić information content (AvgIpc) is 2.72. The molecule has 0 aromatic carbocycles. The number of thioether (sulfide) groups is 1. The number of nitrogens with zero attached hydrogens (tertiary/aromatic N) is 2. The predicted molar refractivity (Wildman–Crippen MR) is 85.6 cm³/mol. The van der Waals surface area contributed by atoms with Gasteiger partial charge in [0.05, 0.1) is 4.91 Å². The molecule has 1 aliphatic rings. The average molecular weight is 322 g/mol. The van der Waals surface area contributed by atoms with E-state index in [4.69, 9.17) is 12.2 Å². The molecular formula is C14H14N2O3S2. The minimum Gasteiger partial charge on any atom is -0.480 e. The van der Waals surface area contributed by atoms with E-state index in [0.717, 1.165) is 17.3 Å². The molecule has 1 saturated heterocycles. The number of aromatic nitrogens is 1. The number of carboxylic acid groups (broad SMARTS) is 1. The van der Waals surface area contributed by atoms with Gasteiger partial charge in [-0.2, -0.15) is 0 Å². The molecule has 1 aromatic heterocycles. The predicted octanol–water partition coefficient (Wildman–Crippen LogP) is 2.54. The Labute approximate surface area is 132 Å². The molecule has 0 aliphatic carbocycles. The van der Waals surface area contributed by atoms with Crippen LogP contribution in [0, 0.1) is 0 Å². The molecule has 1 atom stereocenters. The molecule has 0 saturated carbocycles. The first-order valence-corrected chi connectivity index (χ1v) is 7.67. The van der Waals surface area contributed by atoms with Crippen LogP contribution in [0.4, 0.5) is 0 Å². The van der Waals surface area contributed by atoms with E-state index in [0.29, 0.717) is 17.7 Å². The first-order chi connectivity index (χ1) is 10.0. The van der Waals surface area contributed by atoms with Gasteiger partial charge in [0.25, 0.3) is 5.91 Å². The summed E-state index contributed by atoms with van der Waals surface area (Å²) in [7, 11) is 0. The summed E-state index contributed by atoms with van der Waals surface area (Å²) in [5, 5.41) is 9.28. The zero-order chi connectivity index (χ0) is 15.4. The standard InChI is InChI=1S/C14H14N2O3S2/c1-2-4-10(13(18)19)16-12(17)11(21-14(16)20)7-9-5-3-6-15-8-9/h3,5-8,10H,2,4H2,1H3,(H,18,19)/b11-7-. The van der Waals surface area contributed by atoms with Crippen LogP contribution in [0.5, 0.6) is 0 Å². The van der Waals surface area contributed by atoms with Gasteiger partial charge in [-0.1, -0.05) is 43.4 Å². The Morgan fingerprint density at radius 1 is 1.62 bits per heavy atom. The fraction of sp³-hybridized carbons (Fsp3) is 0.286. The Morgan fingerprint density at radius 3 is 2.95 bits per heavy atom. The third-order valence-corrected chi connectivity index (χ3v) is 4.29. The fourth-order valence-corrected chi connectivity index (χ4v) is 3.35. The lowest BCUT2D eigenvalue weighted by Crippen LogP contribution is -2.43. The highest BCUT2D eigenvalue weighted by molar-refractivity contribution is 8.26. The van der Waals surface area contributed by atoms with E-state index in [1.807, 2.05) is 13.0 Å². The molecule has 7 heteroatoms. The molecule has 1 fully saturated rings. The minimum absolute atomic E-state index is 0.288. The first kappa shape index (κ1) is 15.7. The van der Waals surface area contributed by atoms with Gasteiger partial charge in [-0.15, -0.1) is 0 Å². The zero-order valence-corrected chi connectivity index (χ0v) is 13.0. The van der Waals surface area contributed by atoms with E-state index in [9.17, 15) is 14.7 Å². The van der Waals surface area contributed by atoms with Gasteiger partial charge in [0.1, 0.15) is 10.4 Å². The van der Waals surface area contributed by atoms with Gasteiger partial charge in [-0.25, -0.2) is 4.79 Å². The third kappa shape index (κ3) is 3.48. The van der Waals surface area contributed by atoms with E-state index in [1.165, 1.54) is 4.90 Å². The molecule has 5 nitrogen and oxygen atoms in total.